The number of aliphatic hydroxyl groups is 3. The van der Waals surface area contributed by atoms with E-state index in [1.807, 2.05) is 121 Å². The van der Waals surface area contributed by atoms with Crippen molar-refractivity contribution in [3.63, 3.8) is 0 Å². The third-order valence-electron chi connectivity index (χ3n) is 9.39. The molecule has 1 aliphatic carbocycles. The molecule has 7 rings (SSSR count). The van der Waals surface area contributed by atoms with Crippen LogP contribution in [-0.4, -0.2) is 89.0 Å². The quantitative estimate of drug-likeness (QED) is 0.155. The van der Waals surface area contributed by atoms with Gasteiger partial charge in [-0.25, -0.2) is 4.99 Å². The lowest BCUT2D eigenvalue weighted by atomic mass is 9.97. The van der Waals surface area contributed by atoms with Crippen molar-refractivity contribution < 1.29 is 43.7 Å². The largest absolute Gasteiger partial charge is 0.457 e. The second kappa shape index (κ2) is 16.9. The summed E-state index contributed by atoms with van der Waals surface area (Å²) in [7, 11) is 0. The molecular weight excluding hydrogens is 652 g/mol. The van der Waals surface area contributed by atoms with Crippen LogP contribution >= 0.6 is 0 Å². The maximum absolute atomic E-state index is 10.5. The first kappa shape index (κ1) is 35.2. The fourth-order valence-electron chi connectivity index (χ4n) is 6.68. The average molecular weight is 697 g/mol. The van der Waals surface area contributed by atoms with E-state index < -0.39 is 61.1 Å². The van der Waals surface area contributed by atoms with Crippen LogP contribution in [0.4, 0.5) is 0 Å². The summed E-state index contributed by atoms with van der Waals surface area (Å²) in [5.74, 6) is 0. The topological polar surface area (TPSA) is 140 Å². The van der Waals surface area contributed by atoms with Gasteiger partial charge in [-0.05, 0) is 22.3 Å². The van der Waals surface area contributed by atoms with Crippen LogP contribution in [0.15, 0.2) is 126 Å². The monoisotopic (exact) mass is 696 g/mol. The van der Waals surface area contributed by atoms with E-state index in [-0.39, 0.29) is 25.8 Å². The van der Waals surface area contributed by atoms with E-state index in [2.05, 4.69) is 10.3 Å². The number of nitrogens with zero attached hydrogens (tertiary/aromatic N) is 1. The fraction of sp³-hybridized carbons (Fsp3) is 0.375. The van der Waals surface area contributed by atoms with Crippen LogP contribution in [-0.2, 0) is 54.8 Å². The van der Waals surface area contributed by atoms with Gasteiger partial charge in [0, 0.05) is 0 Å². The molecule has 268 valence electrons. The number of hydrogen-bond acceptors (Lipinski definition) is 11. The van der Waals surface area contributed by atoms with Gasteiger partial charge in [-0.1, -0.05) is 121 Å². The molecule has 4 aromatic rings. The fourth-order valence-corrected chi connectivity index (χ4v) is 6.68. The number of amidine groups is 1. The van der Waals surface area contributed by atoms with Gasteiger partial charge < -0.3 is 49.1 Å². The van der Waals surface area contributed by atoms with Gasteiger partial charge in [-0.15, -0.1) is 0 Å². The summed E-state index contributed by atoms with van der Waals surface area (Å²) in [6.07, 6.45) is -8.43. The summed E-state index contributed by atoms with van der Waals surface area (Å²) in [5.41, 5.74) is 3.94. The Morgan fingerprint density at radius 2 is 1.02 bits per heavy atom. The maximum atomic E-state index is 10.5. The van der Waals surface area contributed by atoms with Gasteiger partial charge in [0.1, 0.15) is 48.8 Å². The number of hydrogen-bond donors (Lipinski definition) is 4. The van der Waals surface area contributed by atoms with E-state index in [9.17, 15) is 15.3 Å². The van der Waals surface area contributed by atoms with E-state index in [4.69, 9.17) is 28.4 Å². The highest BCUT2D eigenvalue weighted by Crippen LogP contribution is 2.33. The molecular formula is C40H44N2O9. The summed E-state index contributed by atoms with van der Waals surface area (Å²) < 4.78 is 39.1. The SMILES string of the molecule is O[C@@H]1[C@@H](O)[C@@H]2N=C(N[C@H]3O[C@H](COCc4ccccc4)[C@@H](OCc4ccccc4)[C@H](OCc4ccccc4)[C@H]3OCc3ccccc3)O[C@@H]2[C@H]1O. The Hall–Kier alpha value is -4.17. The first-order valence-electron chi connectivity index (χ1n) is 17.3. The molecule has 1 saturated heterocycles. The molecule has 11 nitrogen and oxygen atoms in total. The summed E-state index contributed by atoms with van der Waals surface area (Å²) in [4.78, 5) is 4.49. The number of nitrogens with one attached hydrogen (secondary N) is 1. The lowest BCUT2D eigenvalue weighted by Gasteiger charge is -2.46. The molecule has 3 aliphatic rings. The first-order chi connectivity index (χ1) is 25.0. The summed E-state index contributed by atoms with van der Waals surface area (Å²) in [5, 5.41) is 34.5. The zero-order chi connectivity index (χ0) is 35.0. The molecule has 0 unspecified atom stereocenters. The Labute approximate surface area is 297 Å². The lowest BCUT2D eigenvalue weighted by Crippen LogP contribution is -2.65. The Morgan fingerprint density at radius 3 is 1.53 bits per heavy atom. The van der Waals surface area contributed by atoms with Crippen molar-refractivity contribution in [2.45, 2.75) is 87.5 Å². The highest BCUT2D eigenvalue weighted by Gasteiger charge is 2.55. The number of aliphatic hydroxyl groups excluding tert-OH is 3. The number of aliphatic imine (C=N–C) groups is 1. The number of benzene rings is 4. The van der Waals surface area contributed by atoms with Crippen LogP contribution in [0.25, 0.3) is 0 Å². The van der Waals surface area contributed by atoms with Gasteiger partial charge in [0.25, 0.3) is 6.02 Å². The van der Waals surface area contributed by atoms with Crippen molar-refractivity contribution in [2.75, 3.05) is 6.61 Å². The van der Waals surface area contributed by atoms with Gasteiger partial charge in [0.2, 0.25) is 0 Å². The van der Waals surface area contributed by atoms with E-state index in [1.165, 1.54) is 0 Å². The number of fused-ring (bicyclic) bond motifs is 1. The molecule has 11 heteroatoms. The molecule has 2 aliphatic heterocycles. The summed E-state index contributed by atoms with van der Waals surface area (Å²) in [6.45, 7) is 1.37. The molecule has 10 atom stereocenters. The smallest absolute Gasteiger partial charge is 0.287 e. The van der Waals surface area contributed by atoms with Crippen molar-refractivity contribution in [1.29, 1.82) is 0 Å². The second-order valence-electron chi connectivity index (χ2n) is 13.0. The van der Waals surface area contributed by atoms with Gasteiger partial charge in [0.05, 0.1) is 33.0 Å². The third-order valence-corrected chi connectivity index (χ3v) is 9.39. The van der Waals surface area contributed by atoms with Gasteiger partial charge in [-0.3, -0.25) is 0 Å². The minimum absolute atomic E-state index is 0.0581. The highest BCUT2D eigenvalue weighted by molar-refractivity contribution is 5.76. The molecule has 0 radical (unpaired) electrons. The molecule has 4 N–H and O–H groups in total. The van der Waals surface area contributed by atoms with Crippen LogP contribution in [0, 0.1) is 0 Å². The normalized spacial score (nSPS) is 30.0. The Morgan fingerprint density at radius 1 is 0.549 bits per heavy atom. The predicted octanol–water partition coefficient (Wildman–Crippen LogP) is 3.49. The molecule has 0 aromatic heterocycles. The van der Waals surface area contributed by atoms with Crippen LogP contribution < -0.4 is 5.32 Å². The van der Waals surface area contributed by atoms with E-state index in [0.717, 1.165) is 22.3 Å². The zero-order valence-corrected chi connectivity index (χ0v) is 28.1. The minimum Gasteiger partial charge on any atom is -0.457 e. The third kappa shape index (κ3) is 8.66. The lowest BCUT2D eigenvalue weighted by molar-refractivity contribution is -0.276. The predicted molar refractivity (Wildman–Crippen MR) is 187 cm³/mol. The Balaban J connectivity index is 1.20. The van der Waals surface area contributed by atoms with Crippen LogP contribution in [0.2, 0.25) is 0 Å². The van der Waals surface area contributed by atoms with Crippen molar-refractivity contribution in [1.82, 2.24) is 5.32 Å². The van der Waals surface area contributed by atoms with Crippen LogP contribution in [0.1, 0.15) is 22.3 Å². The molecule has 0 amide bonds. The molecule has 0 spiro atoms. The van der Waals surface area contributed by atoms with E-state index in [1.54, 1.807) is 0 Å². The Kier molecular flexibility index (Phi) is 11.7. The van der Waals surface area contributed by atoms with Crippen molar-refractivity contribution in [2.24, 2.45) is 4.99 Å². The van der Waals surface area contributed by atoms with Crippen LogP contribution in [0.5, 0.6) is 0 Å². The molecule has 0 bridgehead atoms. The van der Waals surface area contributed by atoms with E-state index >= 15 is 0 Å². The first-order valence-corrected chi connectivity index (χ1v) is 17.3. The molecule has 2 fully saturated rings. The average Bonchev–Trinajstić information content (AvgIpc) is 3.68. The summed E-state index contributed by atoms with van der Waals surface area (Å²) >= 11 is 0. The molecule has 4 aromatic carbocycles. The Bertz CT molecular complexity index is 1670. The molecule has 1 saturated carbocycles. The number of ether oxygens (including phenoxy) is 6. The molecule has 2 heterocycles. The van der Waals surface area contributed by atoms with Crippen molar-refractivity contribution >= 4 is 6.02 Å². The standard InChI is InChI=1S/C40H44N2O9/c43-32-31-36(34(45)33(32)44)51-40(41-31)42-39-38(49-24-29-19-11-4-12-20-29)37(48-23-28-17-9-3-10-18-28)35(47-22-27-15-7-2-8-16-27)30(50-39)25-46-21-26-13-5-1-6-14-26/h1-20,30-39,43-45H,21-25H2,(H,41,42)/t30-,31+,32+,33-,34+,35-,36+,37+,38-,39+/m1/s1. The van der Waals surface area contributed by atoms with Crippen molar-refractivity contribution in [3.8, 4) is 0 Å². The zero-order valence-electron chi connectivity index (χ0n) is 28.1. The van der Waals surface area contributed by atoms with E-state index in [0.29, 0.717) is 13.2 Å². The number of rotatable bonds is 14. The second-order valence-corrected chi connectivity index (χ2v) is 13.0. The van der Waals surface area contributed by atoms with Gasteiger partial charge in [0.15, 0.2) is 12.3 Å². The van der Waals surface area contributed by atoms with Crippen LogP contribution in [0.3, 0.4) is 0 Å². The van der Waals surface area contributed by atoms with Gasteiger partial charge in [-0.2, -0.15) is 0 Å². The minimum atomic E-state index is -1.36. The van der Waals surface area contributed by atoms with Gasteiger partial charge >= 0.3 is 0 Å². The molecule has 51 heavy (non-hydrogen) atoms. The summed E-state index contributed by atoms with van der Waals surface area (Å²) in [6, 6.07) is 38.7. The van der Waals surface area contributed by atoms with Crippen molar-refractivity contribution in [3.05, 3.63) is 144 Å². The highest BCUT2D eigenvalue weighted by atomic mass is 16.6. The maximum Gasteiger partial charge on any atom is 0.287 e.